The smallest absolute Gasteiger partial charge is 0.169 e. The van der Waals surface area contributed by atoms with Crippen LogP contribution in [0, 0.1) is 5.82 Å². The number of nitrogens with two attached hydrogens (primary N) is 1. The van der Waals surface area contributed by atoms with Crippen LogP contribution in [0.15, 0.2) is 40.9 Å². The minimum Gasteiger partial charge on any atom is -0.398 e. The highest BCUT2D eigenvalue weighted by Gasteiger charge is 2.13. The maximum atomic E-state index is 13.0. The Balaban J connectivity index is 2.25. The number of ketones is 1. The molecular formula is C14H10BrClFNO. The molecule has 0 spiro atoms. The summed E-state index contributed by atoms with van der Waals surface area (Å²) >= 11 is 9.02. The fourth-order valence-electron chi connectivity index (χ4n) is 1.72. The van der Waals surface area contributed by atoms with Gasteiger partial charge in [0.15, 0.2) is 5.78 Å². The Bertz CT molecular complexity index is 645. The molecule has 2 rings (SSSR count). The maximum Gasteiger partial charge on any atom is 0.169 e. The molecule has 0 aliphatic rings. The lowest BCUT2D eigenvalue weighted by Gasteiger charge is -2.07. The van der Waals surface area contributed by atoms with Crippen molar-refractivity contribution in [3.8, 4) is 0 Å². The zero-order chi connectivity index (χ0) is 14.0. The van der Waals surface area contributed by atoms with Crippen LogP contribution in [0.5, 0.6) is 0 Å². The van der Waals surface area contributed by atoms with Gasteiger partial charge in [-0.2, -0.15) is 0 Å². The van der Waals surface area contributed by atoms with Gasteiger partial charge in [0.05, 0.1) is 0 Å². The van der Waals surface area contributed by atoms with Crippen LogP contribution in [0.4, 0.5) is 10.1 Å². The van der Waals surface area contributed by atoms with Crippen LogP contribution in [-0.2, 0) is 6.42 Å². The highest BCUT2D eigenvalue weighted by molar-refractivity contribution is 9.10. The zero-order valence-corrected chi connectivity index (χ0v) is 12.1. The molecular weight excluding hydrogens is 333 g/mol. The first-order valence-electron chi connectivity index (χ1n) is 5.49. The highest BCUT2D eigenvalue weighted by atomic mass is 79.9. The van der Waals surface area contributed by atoms with E-state index in [0.29, 0.717) is 26.3 Å². The number of hydrogen-bond acceptors (Lipinski definition) is 2. The summed E-state index contributed by atoms with van der Waals surface area (Å²) in [5.74, 6) is -0.490. The molecule has 0 heterocycles. The van der Waals surface area contributed by atoms with Crippen molar-refractivity contribution in [1.29, 1.82) is 0 Å². The van der Waals surface area contributed by atoms with Gasteiger partial charge >= 0.3 is 0 Å². The second kappa shape index (κ2) is 5.72. The van der Waals surface area contributed by atoms with Crippen molar-refractivity contribution >= 4 is 39.0 Å². The van der Waals surface area contributed by atoms with Crippen molar-refractivity contribution in [3.05, 3.63) is 62.8 Å². The Kier molecular flexibility index (Phi) is 4.22. The van der Waals surface area contributed by atoms with Crippen LogP contribution in [-0.4, -0.2) is 5.78 Å². The van der Waals surface area contributed by atoms with Crippen LogP contribution < -0.4 is 5.73 Å². The Hall–Kier alpha value is -1.39. The standard InChI is InChI=1S/C14H10BrClFNO/c15-12-7-10(17)3-1-8(12)5-14(19)11-4-2-9(16)6-13(11)18/h1-4,6-7H,5,18H2. The predicted molar refractivity (Wildman–Crippen MR) is 78.0 cm³/mol. The van der Waals surface area contributed by atoms with E-state index in [4.69, 9.17) is 17.3 Å². The Morgan fingerprint density at radius 2 is 2.00 bits per heavy atom. The summed E-state index contributed by atoms with van der Waals surface area (Å²) in [7, 11) is 0. The van der Waals surface area contributed by atoms with E-state index in [1.54, 1.807) is 18.2 Å². The van der Waals surface area contributed by atoms with Crippen molar-refractivity contribution in [1.82, 2.24) is 0 Å². The Labute approximate surface area is 123 Å². The number of hydrogen-bond donors (Lipinski definition) is 1. The molecule has 0 atom stereocenters. The van der Waals surface area contributed by atoms with E-state index >= 15 is 0 Å². The van der Waals surface area contributed by atoms with Crippen molar-refractivity contribution in [3.63, 3.8) is 0 Å². The van der Waals surface area contributed by atoms with Crippen molar-refractivity contribution in [2.24, 2.45) is 0 Å². The largest absolute Gasteiger partial charge is 0.398 e. The topological polar surface area (TPSA) is 43.1 Å². The lowest BCUT2D eigenvalue weighted by Crippen LogP contribution is -2.07. The summed E-state index contributed by atoms with van der Waals surface area (Å²) < 4.78 is 13.5. The number of halogens is 3. The third-order valence-electron chi connectivity index (χ3n) is 2.68. The average Bonchev–Trinajstić information content (AvgIpc) is 2.32. The van der Waals surface area contributed by atoms with Crippen molar-refractivity contribution < 1.29 is 9.18 Å². The van der Waals surface area contributed by atoms with Crippen molar-refractivity contribution in [2.75, 3.05) is 5.73 Å². The second-order valence-electron chi connectivity index (χ2n) is 4.07. The maximum absolute atomic E-state index is 13.0. The molecule has 0 aliphatic heterocycles. The van der Waals surface area contributed by atoms with Gasteiger partial charge in [-0.3, -0.25) is 4.79 Å². The number of carbonyl (C=O) groups is 1. The molecule has 0 aliphatic carbocycles. The number of Topliss-reactive ketones (excluding diaryl/α,β-unsaturated/α-hetero) is 1. The summed E-state index contributed by atoms with van der Waals surface area (Å²) in [5, 5.41) is 0.483. The van der Waals surface area contributed by atoms with Crippen molar-refractivity contribution in [2.45, 2.75) is 6.42 Å². The first-order chi connectivity index (χ1) is 8.97. The zero-order valence-electron chi connectivity index (χ0n) is 9.79. The molecule has 5 heteroatoms. The van der Waals surface area contributed by atoms with Gasteiger partial charge in [-0.05, 0) is 35.9 Å². The molecule has 2 aromatic rings. The first-order valence-corrected chi connectivity index (χ1v) is 6.66. The van der Waals surface area contributed by atoms with Gasteiger partial charge in [-0.25, -0.2) is 4.39 Å². The van der Waals surface area contributed by atoms with Gasteiger partial charge in [-0.15, -0.1) is 0 Å². The summed E-state index contributed by atoms with van der Waals surface area (Å²) in [6, 6.07) is 8.96. The summed E-state index contributed by atoms with van der Waals surface area (Å²) in [4.78, 5) is 12.1. The van der Waals surface area contributed by atoms with Crippen LogP contribution in [0.25, 0.3) is 0 Å². The molecule has 2 nitrogen and oxygen atoms in total. The molecule has 0 amide bonds. The van der Waals surface area contributed by atoms with E-state index in [2.05, 4.69) is 15.9 Å². The van der Waals surface area contributed by atoms with Crippen LogP contribution >= 0.6 is 27.5 Å². The van der Waals surface area contributed by atoms with E-state index in [-0.39, 0.29) is 18.0 Å². The molecule has 2 aromatic carbocycles. The van der Waals surface area contributed by atoms with E-state index in [1.165, 1.54) is 18.2 Å². The van der Waals surface area contributed by atoms with E-state index < -0.39 is 0 Å². The number of nitrogen functional groups attached to an aromatic ring is 1. The molecule has 0 aromatic heterocycles. The van der Waals surface area contributed by atoms with Gasteiger partial charge in [0.1, 0.15) is 5.82 Å². The van der Waals surface area contributed by atoms with E-state index in [1.807, 2.05) is 0 Å². The van der Waals surface area contributed by atoms with Crippen LogP contribution in [0.3, 0.4) is 0 Å². The highest BCUT2D eigenvalue weighted by Crippen LogP contribution is 2.23. The number of carbonyl (C=O) groups excluding carboxylic acids is 1. The molecule has 2 N–H and O–H groups in total. The van der Waals surface area contributed by atoms with Gasteiger partial charge in [-0.1, -0.05) is 33.6 Å². The molecule has 0 radical (unpaired) electrons. The molecule has 0 bridgehead atoms. The molecule has 19 heavy (non-hydrogen) atoms. The predicted octanol–water partition coefficient (Wildman–Crippen LogP) is 4.25. The van der Waals surface area contributed by atoms with E-state index in [9.17, 15) is 9.18 Å². The summed E-state index contributed by atoms with van der Waals surface area (Å²) in [5.41, 5.74) is 7.23. The fraction of sp³-hybridized carbons (Fsp3) is 0.0714. The molecule has 0 saturated carbocycles. The quantitative estimate of drug-likeness (QED) is 0.669. The normalized spacial score (nSPS) is 10.5. The van der Waals surface area contributed by atoms with Gasteiger partial charge < -0.3 is 5.73 Å². The van der Waals surface area contributed by atoms with Crippen LogP contribution in [0.2, 0.25) is 5.02 Å². The second-order valence-corrected chi connectivity index (χ2v) is 5.36. The average molecular weight is 343 g/mol. The Morgan fingerprint density at radius 3 is 2.63 bits per heavy atom. The van der Waals surface area contributed by atoms with Crippen LogP contribution in [0.1, 0.15) is 15.9 Å². The molecule has 0 unspecified atom stereocenters. The van der Waals surface area contributed by atoms with Gasteiger partial charge in [0.2, 0.25) is 0 Å². The third kappa shape index (κ3) is 3.33. The number of rotatable bonds is 3. The number of benzene rings is 2. The minimum absolute atomic E-state index is 0.138. The third-order valence-corrected chi connectivity index (χ3v) is 3.65. The molecule has 0 fully saturated rings. The molecule has 98 valence electrons. The Morgan fingerprint density at radius 1 is 1.26 bits per heavy atom. The fourth-order valence-corrected chi connectivity index (χ4v) is 2.39. The monoisotopic (exact) mass is 341 g/mol. The lowest BCUT2D eigenvalue weighted by molar-refractivity contribution is 0.0993. The summed E-state index contributed by atoms with van der Waals surface area (Å²) in [6.07, 6.45) is 0.146. The number of anilines is 1. The van der Waals surface area contributed by atoms with E-state index in [0.717, 1.165) is 0 Å². The van der Waals surface area contributed by atoms with Gasteiger partial charge in [0.25, 0.3) is 0 Å². The SMILES string of the molecule is Nc1cc(Cl)ccc1C(=O)Cc1ccc(F)cc1Br. The lowest BCUT2D eigenvalue weighted by atomic mass is 10.0. The first kappa shape index (κ1) is 14.0. The minimum atomic E-state index is -0.353. The summed E-state index contributed by atoms with van der Waals surface area (Å²) in [6.45, 7) is 0. The molecule has 0 saturated heterocycles. The van der Waals surface area contributed by atoms with Gasteiger partial charge in [0, 0.05) is 27.2 Å².